The molecule has 2 N–H and O–H groups in total. The second-order valence-electron chi connectivity index (χ2n) is 6.04. The van der Waals surface area contributed by atoms with Crippen LogP contribution in [0.15, 0.2) is 0 Å². The molecule has 0 spiro atoms. The molecule has 2 heterocycles. The smallest absolute Gasteiger partial charge is 0.225 e. The Kier molecular flexibility index (Phi) is 5.44. The van der Waals surface area contributed by atoms with Crippen molar-refractivity contribution in [2.75, 3.05) is 19.7 Å². The fourth-order valence-corrected chi connectivity index (χ4v) is 2.72. The molecular weight excluding hydrogens is 252 g/mol. The standard InChI is InChI=1S/C13H24N2O2.ClH/c1-13(2)9-15(6-5-11(13)14)12(16)8-10-4-3-7-17-10;/h10-11H,3-9,14H2,1-2H3;1H. The van der Waals surface area contributed by atoms with Crippen LogP contribution in [0.3, 0.4) is 0 Å². The summed E-state index contributed by atoms with van der Waals surface area (Å²) in [5, 5.41) is 0. The fourth-order valence-electron chi connectivity index (χ4n) is 2.72. The lowest BCUT2D eigenvalue weighted by Crippen LogP contribution is -2.54. The number of rotatable bonds is 2. The van der Waals surface area contributed by atoms with Crippen molar-refractivity contribution in [3.63, 3.8) is 0 Å². The summed E-state index contributed by atoms with van der Waals surface area (Å²) in [5.41, 5.74) is 6.11. The topological polar surface area (TPSA) is 55.6 Å². The lowest BCUT2D eigenvalue weighted by atomic mass is 9.79. The second-order valence-corrected chi connectivity index (χ2v) is 6.04. The minimum Gasteiger partial charge on any atom is -0.378 e. The van der Waals surface area contributed by atoms with E-state index in [9.17, 15) is 4.79 Å². The van der Waals surface area contributed by atoms with Crippen LogP contribution >= 0.6 is 12.4 Å². The third kappa shape index (κ3) is 3.59. The lowest BCUT2D eigenvalue weighted by molar-refractivity contribution is -0.136. The van der Waals surface area contributed by atoms with Crippen LogP contribution in [0.4, 0.5) is 0 Å². The molecule has 106 valence electrons. The molecule has 0 aromatic carbocycles. The SMILES string of the molecule is CC1(C)CN(C(=O)CC2CCCO2)CCC1N.Cl. The molecule has 0 aromatic heterocycles. The Hall–Kier alpha value is -0.320. The van der Waals surface area contributed by atoms with Crippen molar-refractivity contribution < 1.29 is 9.53 Å². The van der Waals surface area contributed by atoms with Gasteiger partial charge in [-0.3, -0.25) is 4.79 Å². The van der Waals surface area contributed by atoms with E-state index in [1.807, 2.05) is 4.90 Å². The minimum atomic E-state index is 0. The third-order valence-corrected chi connectivity index (χ3v) is 4.09. The van der Waals surface area contributed by atoms with Crippen molar-refractivity contribution in [3.05, 3.63) is 0 Å². The maximum absolute atomic E-state index is 12.2. The minimum absolute atomic E-state index is 0. The van der Waals surface area contributed by atoms with Crippen molar-refractivity contribution >= 4 is 18.3 Å². The Morgan fingerprint density at radius 1 is 1.44 bits per heavy atom. The van der Waals surface area contributed by atoms with E-state index in [1.165, 1.54) is 0 Å². The highest BCUT2D eigenvalue weighted by Gasteiger charge is 2.35. The van der Waals surface area contributed by atoms with Gasteiger partial charge in [0.05, 0.1) is 12.5 Å². The van der Waals surface area contributed by atoms with Crippen LogP contribution < -0.4 is 5.73 Å². The predicted octanol–water partition coefficient (Wildman–Crippen LogP) is 1.56. The van der Waals surface area contributed by atoms with Gasteiger partial charge >= 0.3 is 0 Å². The summed E-state index contributed by atoms with van der Waals surface area (Å²) < 4.78 is 5.52. The number of carbonyl (C=O) groups excluding carboxylic acids is 1. The number of hydrogen-bond donors (Lipinski definition) is 1. The van der Waals surface area contributed by atoms with Crippen LogP contribution in [-0.2, 0) is 9.53 Å². The Morgan fingerprint density at radius 2 is 2.17 bits per heavy atom. The molecule has 2 aliphatic rings. The number of amides is 1. The quantitative estimate of drug-likeness (QED) is 0.833. The van der Waals surface area contributed by atoms with Crippen LogP contribution in [0, 0.1) is 5.41 Å². The average molecular weight is 277 g/mol. The molecule has 18 heavy (non-hydrogen) atoms. The summed E-state index contributed by atoms with van der Waals surface area (Å²) in [4.78, 5) is 14.1. The Bertz CT molecular complexity index is 291. The first-order valence-corrected chi connectivity index (χ1v) is 6.64. The van der Waals surface area contributed by atoms with Gasteiger partial charge in [-0.1, -0.05) is 13.8 Å². The first kappa shape index (κ1) is 15.7. The zero-order chi connectivity index (χ0) is 12.5. The molecule has 2 aliphatic heterocycles. The molecule has 2 rings (SSSR count). The van der Waals surface area contributed by atoms with Crippen molar-refractivity contribution in [2.45, 2.75) is 51.7 Å². The average Bonchev–Trinajstić information content (AvgIpc) is 2.74. The second kappa shape index (κ2) is 6.22. The molecule has 0 saturated carbocycles. The normalized spacial score (nSPS) is 30.9. The van der Waals surface area contributed by atoms with E-state index in [2.05, 4.69) is 13.8 Å². The Balaban J connectivity index is 0.00000162. The molecule has 0 radical (unpaired) electrons. The van der Waals surface area contributed by atoms with E-state index in [0.717, 1.165) is 39.0 Å². The van der Waals surface area contributed by atoms with Gasteiger partial charge in [0.1, 0.15) is 0 Å². The maximum Gasteiger partial charge on any atom is 0.225 e. The van der Waals surface area contributed by atoms with Crippen LogP contribution in [0.25, 0.3) is 0 Å². The number of piperidine rings is 1. The lowest BCUT2D eigenvalue weighted by Gasteiger charge is -2.42. The third-order valence-electron chi connectivity index (χ3n) is 4.09. The molecule has 4 nitrogen and oxygen atoms in total. The monoisotopic (exact) mass is 276 g/mol. The number of nitrogens with two attached hydrogens (primary N) is 1. The van der Waals surface area contributed by atoms with E-state index >= 15 is 0 Å². The number of halogens is 1. The highest BCUT2D eigenvalue weighted by molar-refractivity contribution is 5.85. The van der Waals surface area contributed by atoms with Crippen LogP contribution in [0.2, 0.25) is 0 Å². The summed E-state index contributed by atoms with van der Waals surface area (Å²) in [6, 6.07) is 0.203. The summed E-state index contributed by atoms with van der Waals surface area (Å²) in [5.74, 6) is 0.233. The summed E-state index contributed by atoms with van der Waals surface area (Å²) in [6.45, 7) is 6.68. The van der Waals surface area contributed by atoms with Gasteiger partial charge in [-0.15, -0.1) is 12.4 Å². The van der Waals surface area contributed by atoms with Gasteiger partial charge in [-0.05, 0) is 24.7 Å². The molecule has 5 heteroatoms. The summed E-state index contributed by atoms with van der Waals surface area (Å²) in [6.07, 6.45) is 3.73. The van der Waals surface area contributed by atoms with Gasteiger partial charge in [-0.2, -0.15) is 0 Å². The van der Waals surface area contributed by atoms with E-state index in [4.69, 9.17) is 10.5 Å². The molecule has 0 bridgehead atoms. The van der Waals surface area contributed by atoms with Crippen molar-refractivity contribution in [1.29, 1.82) is 0 Å². The van der Waals surface area contributed by atoms with Crippen molar-refractivity contribution in [2.24, 2.45) is 11.1 Å². The predicted molar refractivity (Wildman–Crippen MR) is 73.8 cm³/mol. The van der Waals surface area contributed by atoms with Crippen LogP contribution in [0.5, 0.6) is 0 Å². The highest BCUT2D eigenvalue weighted by atomic mass is 35.5. The van der Waals surface area contributed by atoms with Gasteiger partial charge < -0.3 is 15.4 Å². The Morgan fingerprint density at radius 3 is 2.72 bits per heavy atom. The summed E-state index contributed by atoms with van der Waals surface area (Å²) in [7, 11) is 0. The van der Waals surface area contributed by atoms with Gasteiger partial charge in [0, 0.05) is 25.7 Å². The molecule has 2 atom stereocenters. The van der Waals surface area contributed by atoms with Crippen molar-refractivity contribution in [1.82, 2.24) is 4.90 Å². The number of ether oxygens (including phenoxy) is 1. The molecule has 1 amide bonds. The van der Waals surface area contributed by atoms with Crippen LogP contribution in [-0.4, -0.2) is 42.6 Å². The zero-order valence-electron chi connectivity index (χ0n) is 11.4. The maximum atomic E-state index is 12.2. The number of hydrogen-bond acceptors (Lipinski definition) is 3. The largest absolute Gasteiger partial charge is 0.378 e. The van der Waals surface area contributed by atoms with Gasteiger partial charge in [-0.25, -0.2) is 0 Å². The Labute approximate surface area is 116 Å². The van der Waals surface area contributed by atoms with Gasteiger partial charge in [0.25, 0.3) is 0 Å². The molecule has 2 saturated heterocycles. The van der Waals surface area contributed by atoms with Crippen LogP contribution in [0.1, 0.15) is 39.5 Å². The number of likely N-dealkylation sites (tertiary alicyclic amines) is 1. The molecule has 0 aromatic rings. The zero-order valence-corrected chi connectivity index (χ0v) is 12.2. The van der Waals surface area contributed by atoms with E-state index < -0.39 is 0 Å². The van der Waals surface area contributed by atoms with E-state index in [0.29, 0.717) is 6.42 Å². The molecule has 0 aliphatic carbocycles. The van der Waals surface area contributed by atoms with E-state index in [1.54, 1.807) is 0 Å². The van der Waals surface area contributed by atoms with E-state index in [-0.39, 0.29) is 35.9 Å². The first-order chi connectivity index (χ1) is 7.99. The van der Waals surface area contributed by atoms with Crippen molar-refractivity contribution in [3.8, 4) is 0 Å². The molecule has 2 unspecified atom stereocenters. The summed E-state index contributed by atoms with van der Waals surface area (Å²) >= 11 is 0. The van der Waals surface area contributed by atoms with Gasteiger partial charge in [0.2, 0.25) is 5.91 Å². The number of carbonyl (C=O) groups is 1. The highest BCUT2D eigenvalue weighted by Crippen LogP contribution is 2.28. The first-order valence-electron chi connectivity index (χ1n) is 6.64. The van der Waals surface area contributed by atoms with Gasteiger partial charge in [0.15, 0.2) is 0 Å². The molecule has 2 fully saturated rings. The molecular formula is C13H25ClN2O2. The number of nitrogens with zero attached hydrogens (tertiary/aromatic N) is 1. The fraction of sp³-hybridized carbons (Fsp3) is 0.923.